The summed E-state index contributed by atoms with van der Waals surface area (Å²) in [5.41, 5.74) is 1.20. The van der Waals surface area contributed by atoms with Crippen LogP contribution >= 0.6 is 0 Å². The SMILES string of the molecule is CN(C)C(=O)Oc1ccc[n+](Cc2ccc3ccccc3c2)c1. The van der Waals surface area contributed by atoms with Crippen LogP contribution in [0.15, 0.2) is 67.0 Å². The van der Waals surface area contributed by atoms with E-state index >= 15 is 0 Å². The Bertz CT molecular complexity index is 843. The number of hydrogen-bond acceptors (Lipinski definition) is 2. The predicted molar refractivity (Wildman–Crippen MR) is 89.4 cm³/mol. The fraction of sp³-hybridized carbons (Fsp3) is 0.158. The van der Waals surface area contributed by atoms with Crippen molar-refractivity contribution >= 4 is 16.9 Å². The quantitative estimate of drug-likeness (QED) is 0.696. The second kappa shape index (κ2) is 6.48. The lowest BCUT2D eigenvalue weighted by molar-refractivity contribution is -0.688. The average Bonchev–Trinajstić information content (AvgIpc) is 2.55. The fourth-order valence-corrected chi connectivity index (χ4v) is 2.40. The zero-order valence-corrected chi connectivity index (χ0v) is 13.3. The Morgan fingerprint density at radius 3 is 2.61 bits per heavy atom. The average molecular weight is 307 g/mol. The molecule has 0 spiro atoms. The van der Waals surface area contributed by atoms with E-state index in [4.69, 9.17) is 4.74 Å². The van der Waals surface area contributed by atoms with Crippen molar-refractivity contribution in [2.45, 2.75) is 6.54 Å². The van der Waals surface area contributed by atoms with Crippen LogP contribution < -0.4 is 9.30 Å². The molecule has 0 fully saturated rings. The molecule has 4 nitrogen and oxygen atoms in total. The number of fused-ring (bicyclic) bond motifs is 1. The molecule has 2 aromatic carbocycles. The number of aromatic nitrogens is 1. The van der Waals surface area contributed by atoms with Crippen LogP contribution in [0.1, 0.15) is 5.56 Å². The lowest BCUT2D eigenvalue weighted by Crippen LogP contribution is -2.34. The normalized spacial score (nSPS) is 10.5. The minimum absolute atomic E-state index is 0.381. The van der Waals surface area contributed by atoms with Gasteiger partial charge in [0, 0.05) is 25.7 Å². The lowest BCUT2D eigenvalue weighted by atomic mass is 10.1. The first-order chi connectivity index (χ1) is 11.1. The molecule has 0 saturated heterocycles. The lowest BCUT2D eigenvalue weighted by Gasteiger charge is -2.09. The van der Waals surface area contributed by atoms with Gasteiger partial charge in [0.05, 0.1) is 0 Å². The van der Waals surface area contributed by atoms with Gasteiger partial charge in [0.25, 0.3) is 0 Å². The van der Waals surface area contributed by atoms with Crippen molar-refractivity contribution < 1.29 is 14.1 Å². The maximum absolute atomic E-state index is 11.6. The zero-order valence-electron chi connectivity index (χ0n) is 13.3. The molecule has 1 aromatic heterocycles. The van der Waals surface area contributed by atoms with Crippen molar-refractivity contribution in [2.24, 2.45) is 0 Å². The predicted octanol–water partition coefficient (Wildman–Crippen LogP) is 3.24. The number of carbonyl (C=O) groups excluding carboxylic acids is 1. The summed E-state index contributed by atoms with van der Waals surface area (Å²) in [4.78, 5) is 13.0. The summed E-state index contributed by atoms with van der Waals surface area (Å²) >= 11 is 0. The third kappa shape index (κ3) is 3.66. The molecule has 0 aliphatic rings. The molecule has 3 aromatic rings. The third-order valence-electron chi connectivity index (χ3n) is 3.58. The number of carbonyl (C=O) groups is 1. The van der Waals surface area contributed by atoms with Crippen LogP contribution in [0.3, 0.4) is 0 Å². The van der Waals surface area contributed by atoms with Crippen molar-refractivity contribution in [1.82, 2.24) is 4.90 Å². The molecule has 3 rings (SSSR count). The largest absolute Gasteiger partial charge is 0.414 e. The van der Waals surface area contributed by atoms with Gasteiger partial charge < -0.3 is 9.64 Å². The number of ether oxygens (including phenoxy) is 1. The minimum atomic E-state index is -0.381. The Kier molecular flexibility index (Phi) is 4.24. The molecule has 0 saturated carbocycles. The molecule has 116 valence electrons. The maximum atomic E-state index is 11.6. The van der Waals surface area contributed by atoms with Crippen LogP contribution in [0.25, 0.3) is 10.8 Å². The minimum Gasteiger partial charge on any atom is -0.404 e. The van der Waals surface area contributed by atoms with Crippen LogP contribution in [-0.2, 0) is 6.54 Å². The Morgan fingerprint density at radius 2 is 1.83 bits per heavy atom. The Morgan fingerprint density at radius 1 is 1.04 bits per heavy atom. The van der Waals surface area contributed by atoms with Crippen molar-refractivity contribution in [1.29, 1.82) is 0 Å². The van der Waals surface area contributed by atoms with Gasteiger partial charge >= 0.3 is 6.09 Å². The van der Waals surface area contributed by atoms with E-state index in [0.29, 0.717) is 5.75 Å². The van der Waals surface area contributed by atoms with E-state index in [2.05, 4.69) is 30.3 Å². The molecule has 23 heavy (non-hydrogen) atoms. The zero-order chi connectivity index (χ0) is 16.2. The van der Waals surface area contributed by atoms with Gasteiger partial charge in [-0.2, -0.15) is 4.57 Å². The highest BCUT2D eigenvalue weighted by Gasteiger charge is 2.11. The van der Waals surface area contributed by atoms with E-state index < -0.39 is 0 Å². The Labute approximate surface area is 135 Å². The van der Waals surface area contributed by atoms with Gasteiger partial charge in [0.1, 0.15) is 0 Å². The topological polar surface area (TPSA) is 33.4 Å². The van der Waals surface area contributed by atoms with Gasteiger partial charge in [-0.3, -0.25) is 0 Å². The van der Waals surface area contributed by atoms with E-state index in [9.17, 15) is 4.79 Å². The first-order valence-corrected chi connectivity index (χ1v) is 7.48. The van der Waals surface area contributed by atoms with Gasteiger partial charge in [-0.05, 0) is 22.9 Å². The van der Waals surface area contributed by atoms with E-state index in [1.54, 1.807) is 20.2 Å². The molecule has 0 radical (unpaired) electrons. The first-order valence-electron chi connectivity index (χ1n) is 7.48. The molecular formula is C19H19N2O2+. The summed E-state index contributed by atoms with van der Waals surface area (Å²) < 4.78 is 7.29. The number of pyridine rings is 1. The number of amides is 1. The summed E-state index contributed by atoms with van der Waals surface area (Å²) in [7, 11) is 3.32. The molecular weight excluding hydrogens is 288 g/mol. The van der Waals surface area contributed by atoms with Crippen LogP contribution in [0, 0.1) is 0 Å². The van der Waals surface area contributed by atoms with Crippen LogP contribution in [-0.4, -0.2) is 25.1 Å². The molecule has 0 aliphatic heterocycles. The summed E-state index contributed by atoms with van der Waals surface area (Å²) in [6, 6.07) is 18.4. The van der Waals surface area contributed by atoms with Gasteiger partial charge in [0.2, 0.25) is 6.20 Å². The van der Waals surface area contributed by atoms with Crippen molar-refractivity contribution in [3.05, 3.63) is 72.6 Å². The van der Waals surface area contributed by atoms with Crippen molar-refractivity contribution in [2.75, 3.05) is 14.1 Å². The molecule has 4 heteroatoms. The molecule has 1 heterocycles. The molecule has 0 aliphatic carbocycles. The number of nitrogens with zero attached hydrogens (tertiary/aromatic N) is 2. The molecule has 1 amide bonds. The summed E-state index contributed by atoms with van der Waals surface area (Å²) in [5, 5.41) is 2.45. The standard InChI is InChI=1S/C19H19N2O2/c1-20(2)19(22)23-18-8-5-11-21(14-18)13-15-9-10-16-6-3-4-7-17(16)12-15/h3-12,14H,13H2,1-2H3/q+1. The number of hydrogen-bond donors (Lipinski definition) is 0. The second-order valence-electron chi connectivity index (χ2n) is 5.66. The second-order valence-corrected chi connectivity index (χ2v) is 5.66. The summed E-state index contributed by atoms with van der Waals surface area (Å²) in [5.74, 6) is 0.534. The molecule has 0 unspecified atom stereocenters. The fourth-order valence-electron chi connectivity index (χ4n) is 2.40. The molecule has 0 N–H and O–H groups in total. The van der Waals surface area contributed by atoms with Gasteiger partial charge in [0.15, 0.2) is 18.5 Å². The summed E-state index contributed by atoms with van der Waals surface area (Å²) in [6.45, 7) is 0.720. The Hall–Kier alpha value is -2.88. The van der Waals surface area contributed by atoms with Crippen molar-refractivity contribution in [3.63, 3.8) is 0 Å². The third-order valence-corrected chi connectivity index (χ3v) is 3.58. The maximum Gasteiger partial charge on any atom is 0.414 e. The van der Waals surface area contributed by atoms with Crippen LogP contribution in [0.4, 0.5) is 4.79 Å². The van der Waals surface area contributed by atoms with E-state index in [0.717, 1.165) is 6.54 Å². The van der Waals surface area contributed by atoms with Crippen LogP contribution in [0.2, 0.25) is 0 Å². The van der Waals surface area contributed by atoms with E-state index in [1.165, 1.54) is 21.2 Å². The first kappa shape index (κ1) is 15.0. The van der Waals surface area contributed by atoms with Gasteiger partial charge in [-0.15, -0.1) is 0 Å². The number of rotatable bonds is 3. The van der Waals surface area contributed by atoms with Gasteiger partial charge in [-0.1, -0.05) is 36.4 Å². The summed E-state index contributed by atoms with van der Waals surface area (Å²) in [6.07, 6.45) is 3.41. The highest BCUT2D eigenvalue weighted by atomic mass is 16.6. The van der Waals surface area contributed by atoms with E-state index in [-0.39, 0.29) is 6.09 Å². The monoisotopic (exact) mass is 307 g/mol. The van der Waals surface area contributed by atoms with E-state index in [1.807, 2.05) is 35.2 Å². The van der Waals surface area contributed by atoms with Crippen molar-refractivity contribution in [3.8, 4) is 5.75 Å². The molecule has 0 atom stereocenters. The smallest absolute Gasteiger partial charge is 0.404 e. The Balaban J connectivity index is 1.80. The highest BCUT2D eigenvalue weighted by Crippen LogP contribution is 2.15. The number of benzene rings is 2. The van der Waals surface area contributed by atoms with Gasteiger partial charge in [-0.25, -0.2) is 4.79 Å². The highest BCUT2D eigenvalue weighted by molar-refractivity contribution is 5.82. The van der Waals surface area contributed by atoms with Crippen LogP contribution in [0.5, 0.6) is 5.75 Å². The molecule has 0 bridgehead atoms.